The number of hydrogen-bond acceptors (Lipinski definition) is 4. The Bertz CT molecular complexity index is 822. The Balaban J connectivity index is 1.60. The second kappa shape index (κ2) is 8.87. The third kappa shape index (κ3) is 4.89. The molecule has 0 N–H and O–H groups in total. The van der Waals surface area contributed by atoms with Crippen molar-refractivity contribution in [3.8, 4) is 5.75 Å². The van der Waals surface area contributed by atoms with Crippen molar-refractivity contribution < 1.29 is 13.2 Å². The number of rotatable bonds is 7. The van der Waals surface area contributed by atoms with Crippen molar-refractivity contribution >= 4 is 10.0 Å². The lowest BCUT2D eigenvalue weighted by Crippen LogP contribution is -2.53. The Hall–Kier alpha value is -1.89. The Morgan fingerprint density at radius 1 is 1.04 bits per heavy atom. The Kier molecular flexibility index (Phi) is 6.52. The normalized spacial score (nSPS) is 19.1. The highest BCUT2D eigenvalue weighted by molar-refractivity contribution is 7.89. The number of hydrogen-bond donors (Lipinski definition) is 0. The van der Waals surface area contributed by atoms with Gasteiger partial charge in [-0.2, -0.15) is 4.31 Å². The van der Waals surface area contributed by atoms with E-state index in [2.05, 4.69) is 36.1 Å². The summed E-state index contributed by atoms with van der Waals surface area (Å²) in [4.78, 5) is 2.70. The van der Waals surface area contributed by atoms with E-state index in [1.54, 1.807) is 28.6 Å². The highest BCUT2D eigenvalue weighted by Crippen LogP contribution is 2.22. The summed E-state index contributed by atoms with van der Waals surface area (Å²) in [5.41, 5.74) is 1.31. The molecule has 1 saturated heterocycles. The summed E-state index contributed by atoms with van der Waals surface area (Å²) in [5.74, 6) is 0.690. The fourth-order valence-electron chi connectivity index (χ4n) is 3.45. The zero-order valence-electron chi connectivity index (χ0n) is 16.0. The minimum absolute atomic E-state index is 0.194. The van der Waals surface area contributed by atoms with Gasteiger partial charge in [0.2, 0.25) is 10.0 Å². The summed E-state index contributed by atoms with van der Waals surface area (Å²) in [6.45, 7) is 7.31. The predicted molar refractivity (Wildman–Crippen MR) is 108 cm³/mol. The van der Waals surface area contributed by atoms with E-state index in [1.807, 2.05) is 13.0 Å². The van der Waals surface area contributed by atoms with Gasteiger partial charge >= 0.3 is 0 Å². The number of nitrogens with zero attached hydrogens (tertiary/aromatic N) is 2. The maximum atomic E-state index is 13.0. The first-order valence-corrected chi connectivity index (χ1v) is 11.0. The van der Waals surface area contributed by atoms with E-state index in [1.165, 1.54) is 5.56 Å². The molecule has 0 aromatic heterocycles. The molecule has 1 fully saturated rings. The van der Waals surface area contributed by atoms with Crippen molar-refractivity contribution in [1.82, 2.24) is 9.21 Å². The van der Waals surface area contributed by atoms with Crippen LogP contribution in [0.1, 0.15) is 19.4 Å². The zero-order valence-corrected chi connectivity index (χ0v) is 16.9. The van der Waals surface area contributed by atoms with Gasteiger partial charge in [-0.05, 0) is 50.1 Å². The van der Waals surface area contributed by atoms with E-state index in [0.29, 0.717) is 30.3 Å². The standard InChI is InChI=1S/C21H28N2O3S/c1-3-26-20-9-11-21(12-10-20)27(24,25)23-16-15-22(18(2)17-23)14-13-19-7-5-4-6-8-19/h4-12,18H,3,13-17H2,1-2H3. The van der Waals surface area contributed by atoms with Gasteiger partial charge in [-0.3, -0.25) is 4.90 Å². The van der Waals surface area contributed by atoms with Crippen LogP contribution in [0.15, 0.2) is 59.5 Å². The lowest BCUT2D eigenvalue weighted by atomic mass is 10.1. The Morgan fingerprint density at radius 3 is 2.37 bits per heavy atom. The first-order chi connectivity index (χ1) is 13.0. The number of piperazine rings is 1. The maximum absolute atomic E-state index is 13.0. The predicted octanol–water partition coefficient (Wildman–Crippen LogP) is 3.02. The van der Waals surface area contributed by atoms with Gasteiger partial charge in [0.25, 0.3) is 0 Å². The largest absolute Gasteiger partial charge is 0.494 e. The van der Waals surface area contributed by atoms with Crippen molar-refractivity contribution in [1.29, 1.82) is 0 Å². The molecule has 0 aliphatic carbocycles. The molecule has 1 heterocycles. The Labute approximate surface area is 162 Å². The molecule has 1 aliphatic rings. The lowest BCUT2D eigenvalue weighted by Gasteiger charge is -2.39. The minimum Gasteiger partial charge on any atom is -0.494 e. The lowest BCUT2D eigenvalue weighted by molar-refractivity contribution is 0.130. The molecule has 0 saturated carbocycles. The molecule has 0 radical (unpaired) electrons. The van der Waals surface area contributed by atoms with Crippen LogP contribution in [0.5, 0.6) is 5.75 Å². The molecule has 6 heteroatoms. The van der Waals surface area contributed by atoms with Crippen LogP contribution in [0, 0.1) is 0 Å². The molecule has 1 aliphatic heterocycles. The third-order valence-electron chi connectivity index (χ3n) is 5.03. The topological polar surface area (TPSA) is 49.9 Å². The highest BCUT2D eigenvalue weighted by atomic mass is 32.2. The van der Waals surface area contributed by atoms with E-state index < -0.39 is 10.0 Å². The van der Waals surface area contributed by atoms with Crippen molar-refractivity contribution in [3.05, 3.63) is 60.2 Å². The second-order valence-electron chi connectivity index (χ2n) is 6.89. The first-order valence-electron chi connectivity index (χ1n) is 9.51. The summed E-state index contributed by atoms with van der Waals surface area (Å²) >= 11 is 0. The molecule has 0 amide bonds. The molecule has 3 rings (SSSR count). The first kappa shape index (κ1) is 19.9. The Morgan fingerprint density at radius 2 is 1.74 bits per heavy atom. The van der Waals surface area contributed by atoms with Crippen LogP contribution >= 0.6 is 0 Å². The molecular weight excluding hydrogens is 360 g/mol. The average Bonchev–Trinajstić information content (AvgIpc) is 2.68. The number of ether oxygens (including phenoxy) is 1. The molecule has 146 valence electrons. The second-order valence-corrected chi connectivity index (χ2v) is 8.83. The maximum Gasteiger partial charge on any atom is 0.243 e. The van der Waals surface area contributed by atoms with Crippen molar-refractivity contribution in [2.75, 3.05) is 32.8 Å². The number of benzene rings is 2. The summed E-state index contributed by atoms with van der Waals surface area (Å²) in [5, 5.41) is 0. The van der Waals surface area contributed by atoms with E-state index in [9.17, 15) is 8.42 Å². The zero-order chi connectivity index (χ0) is 19.3. The van der Waals surface area contributed by atoms with Gasteiger partial charge in [-0.1, -0.05) is 30.3 Å². The van der Waals surface area contributed by atoms with Crippen molar-refractivity contribution in [3.63, 3.8) is 0 Å². The van der Waals surface area contributed by atoms with E-state index in [-0.39, 0.29) is 6.04 Å². The molecule has 1 unspecified atom stereocenters. The molecule has 2 aromatic rings. The fourth-order valence-corrected chi connectivity index (χ4v) is 4.97. The SMILES string of the molecule is CCOc1ccc(S(=O)(=O)N2CCN(CCc3ccccc3)C(C)C2)cc1. The molecule has 5 nitrogen and oxygen atoms in total. The van der Waals surface area contributed by atoms with Crippen LogP contribution in [0.4, 0.5) is 0 Å². The molecule has 0 bridgehead atoms. The molecule has 27 heavy (non-hydrogen) atoms. The van der Waals surface area contributed by atoms with Crippen molar-refractivity contribution in [2.45, 2.75) is 31.2 Å². The molecule has 0 spiro atoms. The van der Waals surface area contributed by atoms with Crippen LogP contribution < -0.4 is 4.74 Å². The van der Waals surface area contributed by atoms with Gasteiger partial charge in [0.05, 0.1) is 11.5 Å². The van der Waals surface area contributed by atoms with E-state index >= 15 is 0 Å². The van der Waals surface area contributed by atoms with Gasteiger partial charge in [-0.25, -0.2) is 8.42 Å². The van der Waals surface area contributed by atoms with Gasteiger partial charge in [-0.15, -0.1) is 0 Å². The molecule has 2 aromatic carbocycles. The summed E-state index contributed by atoms with van der Waals surface area (Å²) in [7, 11) is -3.47. The average molecular weight is 389 g/mol. The van der Waals surface area contributed by atoms with Crippen LogP contribution in [0.25, 0.3) is 0 Å². The number of sulfonamides is 1. The smallest absolute Gasteiger partial charge is 0.243 e. The van der Waals surface area contributed by atoms with Crippen LogP contribution in [0.2, 0.25) is 0 Å². The van der Waals surface area contributed by atoms with E-state index in [4.69, 9.17) is 4.74 Å². The van der Waals surface area contributed by atoms with Gasteiger partial charge < -0.3 is 4.74 Å². The van der Waals surface area contributed by atoms with Crippen LogP contribution in [-0.4, -0.2) is 56.5 Å². The van der Waals surface area contributed by atoms with Crippen molar-refractivity contribution in [2.24, 2.45) is 0 Å². The molecular formula is C21H28N2O3S. The quantitative estimate of drug-likeness (QED) is 0.732. The van der Waals surface area contributed by atoms with Gasteiger partial charge in [0, 0.05) is 32.2 Å². The third-order valence-corrected chi connectivity index (χ3v) is 6.91. The van der Waals surface area contributed by atoms with Crippen LogP contribution in [-0.2, 0) is 16.4 Å². The molecule has 1 atom stereocenters. The van der Waals surface area contributed by atoms with E-state index in [0.717, 1.165) is 19.5 Å². The summed E-state index contributed by atoms with van der Waals surface area (Å²) in [6, 6.07) is 17.3. The fraction of sp³-hybridized carbons (Fsp3) is 0.429. The van der Waals surface area contributed by atoms with Gasteiger partial charge in [0.15, 0.2) is 0 Å². The monoisotopic (exact) mass is 388 g/mol. The van der Waals surface area contributed by atoms with Gasteiger partial charge in [0.1, 0.15) is 5.75 Å². The summed E-state index contributed by atoms with van der Waals surface area (Å²) in [6.07, 6.45) is 0.983. The highest BCUT2D eigenvalue weighted by Gasteiger charge is 2.32. The van der Waals surface area contributed by atoms with Crippen LogP contribution in [0.3, 0.4) is 0 Å². The summed E-state index contributed by atoms with van der Waals surface area (Å²) < 4.78 is 32.9. The minimum atomic E-state index is -3.47.